The molecule has 0 amide bonds. The summed E-state index contributed by atoms with van der Waals surface area (Å²) in [5, 5.41) is 0. The van der Waals surface area contributed by atoms with Crippen molar-refractivity contribution in [2.24, 2.45) is 0 Å². The lowest BCUT2D eigenvalue weighted by molar-refractivity contribution is 0.353. The number of nitrogens with zero attached hydrogens (tertiary/aromatic N) is 2. The van der Waals surface area contributed by atoms with Crippen molar-refractivity contribution >= 4 is 22.5 Å². The van der Waals surface area contributed by atoms with E-state index in [0.717, 1.165) is 11.4 Å². The first kappa shape index (κ1) is 12.2. The molecule has 0 aromatic carbocycles. The Labute approximate surface area is 98.9 Å². The molecule has 0 aliphatic carbocycles. The van der Waals surface area contributed by atoms with Crippen molar-refractivity contribution < 1.29 is 4.74 Å². The van der Waals surface area contributed by atoms with Crippen LogP contribution in [0.15, 0.2) is 12.4 Å². The number of hydrogen-bond acceptors (Lipinski definition) is 5. The normalized spacial score (nSPS) is 11.8. The average Bonchev–Trinajstić information content (AvgIpc) is 2.27. The van der Waals surface area contributed by atoms with E-state index >= 15 is 0 Å². The maximum Gasteiger partial charge on any atom is 0.233 e. The van der Waals surface area contributed by atoms with Gasteiger partial charge in [-0.25, -0.2) is 4.98 Å². The zero-order valence-electron chi connectivity index (χ0n) is 8.38. The first-order chi connectivity index (χ1) is 7.27. The zero-order valence-corrected chi connectivity index (χ0v) is 10.1. The molecule has 0 bridgehead atoms. The van der Waals surface area contributed by atoms with Crippen molar-refractivity contribution in [1.82, 2.24) is 9.97 Å². The van der Waals surface area contributed by atoms with Crippen LogP contribution in [0.2, 0.25) is 0 Å². The molecule has 0 radical (unpaired) electrons. The van der Waals surface area contributed by atoms with Gasteiger partial charge in [0.2, 0.25) is 5.88 Å². The highest BCUT2D eigenvalue weighted by atomic mass is 33.1. The third kappa shape index (κ3) is 4.02. The molecule has 0 fully saturated rings. The van der Waals surface area contributed by atoms with E-state index in [1.165, 1.54) is 10.8 Å². The molecular weight excluding hydrogens is 228 g/mol. The van der Waals surface area contributed by atoms with Gasteiger partial charge in [-0.15, -0.1) is 18.1 Å². The Morgan fingerprint density at radius 3 is 2.93 bits per heavy atom. The Hall–Kier alpha value is -0.860. The predicted octanol–water partition coefficient (Wildman–Crippen LogP) is 2.17. The Balaban J connectivity index is 2.60. The quantitative estimate of drug-likeness (QED) is 0.486. The molecule has 0 aliphatic heterocycles. The van der Waals surface area contributed by atoms with Crippen molar-refractivity contribution in [1.29, 1.82) is 0 Å². The molecule has 80 valence electrons. The lowest BCUT2D eigenvalue weighted by Gasteiger charge is -2.08. The summed E-state index contributed by atoms with van der Waals surface area (Å²) < 4.78 is 5.12. The lowest BCUT2D eigenvalue weighted by Crippen LogP contribution is -2.02. The van der Waals surface area contributed by atoms with E-state index in [-0.39, 0.29) is 6.61 Å². The fraction of sp³-hybridized carbons (Fsp3) is 0.400. The van der Waals surface area contributed by atoms with E-state index in [4.69, 9.17) is 11.2 Å². The van der Waals surface area contributed by atoms with Gasteiger partial charge in [-0.05, 0) is 0 Å². The van der Waals surface area contributed by atoms with Gasteiger partial charge in [0.15, 0.2) is 6.61 Å². The minimum Gasteiger partial charge on any atom is -0.463 e. The van der Waals surface area contributed by atoms with Gasteiger partial charge in [-0.3, -0.25) is 4.98 Å². The van der Waals surface area contributed by atoms with Crippen LogP contribution in [0.25, 0.3) is 0 Å². The third-order valence-electron chi connectivity index (χ3n) is 1.78. The molecule has 1 unspecified atom stereocenters. The fourth-order valence-electron chi connectivity index (χ4n) is 0.968. The van der Waals surface area contributed by atoms with Crippen LogP contribution >= 0.6 is 22.5 Å². The maximum atomic E-state index is 5.12. The molecule has 0 spiro atoms. The smallest absolute Gasteiger partial charge is 0.233 e. The number of terminal acetylenes is 1. The standard InChI is InChI=1S/C10H12N2OS2/c1-3-4-13-10-6-11-9(5-12-10)8(2)7-15-14/h1,5-6,8,14H,4,7H2,2H3. The number of hydrogen-bond donors (Lipinski definition) is 1. The van der Waals surface area contributed by atoms with Crippen LogP contribution in [-0.2, 0) is 0 Å². The van der Waals surface area contributed by atoms with Crippen molar-refractivity contribution in [2.45, 2.75) is 12.8 Å². The van der Waals surface area contributed by atoms with Crippen LogP contribution < -0.4 is 4.74 Å². The van der Waals surface area contributed by atoms with Crippen LogP contribution in [0.3, 0.4) is 0 Å². The maximum absolute atomic E-state index is 5.12. The minimum absolute atomic E-state index is 0.218. The summed E-state index contributed by atoms with van der Waals surface area (Å²) in [5.41, 5.74) is 0.935. The van der Waals surface area contributed by atoms with Crippen LogP contribution in [0.4, 0.5) is 0 Å². The second-order valence-corrected chi connectivity index (χ2v) is 4.34. The van der Waals surface area contributed by atoms with Crippen molar-refractivity contribution in [3.05, 3.63) is 18.1 Å². The molecule has 1 rings (SSSR count). The largest absolute Gasteiger partial charge is 0.463 e. The van der Waals surface area contributed by atoms with Gasteiger partial charge in [0.05, 0.1) is 18.1 Å². The highest BCUT2D eigenvalue weighted by Gasteiger charge is 2.07. The highest BCUT2D eigenvalue weighted by molar-refractivity contribution is 8.68. The minimum atomic E-state index is 0.218. The molecule has 15 heavy (non-hydrogen) atoms. The summed E-state index contributed by atoms with van der Waals surface area (Å²) >= 11 is 4.10. The molecule has 0 N–H and O–H groups in total. The van der Waals surface area contributed by atoms with Crippen LogP contribution in [-0.4, -0.2) is 22.3 Å². The van der Waals surface area contributed by atoms with Crippen molar-refractivity contribution in [2.75, 3.05) is 12.4 Å². The van der Waals surface area contributed by atoms with Gasteiger partial charge in [-0.1, -0.05) is 23.6 Å². The third-order valence-corrected chi connectivity index (χ3v) is 2.88. The Morgan fingerprint density at radius 2 is 2.40 bits per heavy atom. The Kier molecular flexibility index (Phi) is 5.37. The molecule has 1 heterocycles. The molecule has 0 saturated carbocycles. The SMILES string of the molecule is C#CCOc1cnc(C(C)CSS)cn1. The summed E-state index contributed by atoms with van der Waals surface area (Å²) in [5.74, 6) is 4.07. The van der Waals surface area contributed by atoms with E-state index < -0.39 is 0 Å². The van der Waals surface area contributed by atoms with E-state index in [9.17, 15) is 0 Å². The van der Waals surface area contributed by atoms with Gasteiger partial charge in [0, 0.05) is 11.7 Å². The van der Waals surface area contributed by atoms with Gasteiger partial charge in [0.25, 0.3) is 0 Å². The first-order valence-electron chi connectivity index (χ1n) is 4.42. The van der Waals surface area contributed by atoms with E-state index in [1.807, 2.05) is 0 Å². The van der Waals surface area contributed by atoms with E-state index in [0.29, 0.717) is 11.8 Å². The second-order valence-electron chi connectivity index (χ2n) is 2.97. The molecule has 5 heteroatoms. The summed E-state index contributed by atoms with van der Waals surface area (Å²) in [6, 6.07) is 0. The second kappa shape index (κ2) is 6.59. The fourth-order valence-corrected chi connectivity index (χ4v) is 2.03. The summed E-state index contributed by atoms with van der Waals surface area (Å²) in [4.78, 5) is 8.35. The van der Waals surface area contributed by atoms with Gasteiger partial charge in [0.1, 0.15) is 0 Å². The van der Waals surface area contributed by atoms with Crippen molar-refractivity contribution in [3.63, 3.8) is 0 Å². The molecule has 0 aliphatic rings. The van der Waals surface area contributed by atoms with Gasteiger partial charge >= 0.3 is 0 Å². The predicted molar refractivity (Wildman–Crippen MR) is 66.2 cm³/mol. The van der Waals surface area contributed by atoms with E-state index in [2.05, 4.69) is 34.5 Å². The molecule has 1 aromatic heterocycles. The number of ether oxygens (including phenoxy) is 1. The molecule has 1 aromatic rings. The van der Waals surface area contributed by atoms with Crippen LogP contribution in [0.5, 0.6) is 5.88 Å². The number of rotatable bonds is 5. The average molecular weight is 240 g/mol. The first-order valence-corrected chi connectivity index (χ1v) is 6.46. The van der Waals surface area contributed by atoms with Crippen molar-refractivity contribution in [3.8, 4) is 18.2 Å². The van der Waals surface area contributed by atoms with Crippen LogP contribution in [0, 0.1) is 12.3 Å². The molecular formula is C10H12N2OS2. The Morgan fingerprint density at radius 1 is 1.60 bits per heavy atom. The number of thiol groups is 1. The topological polar surface area (TPSA) is 35.0 Å². The monoisotopic (exact) mass is 240 g/mol. The molecule has 3 nitrogen and oxygen atoms in total. The Bertz CT molecular complexity index is 334. The summed E-state index contributed by atoms with van der Waals surface area (Å²) in [6.07, 6.45) is 8.36. The van der Waals surface area contributed by atoms with Crippen LogP contribution in [0.1, 0.15) is 18.5 Å². The highest BCUT2D eigenvalue weighted by Crippen LogP contribution is 2.20. The van der Waals surface area contributed by atoms with Gasteiger partial charge in [-0.2, -0.15) is 0 Å². The van der Waals surface area contributed by atoms with Gasteiger partial charge < -0.3 is 4.74 Å². The van der Waals surface area contributed by atoms with E-state index in [1.54, 1.807) is 12.4 Å². The molecule has 0 saturated heterocycles. The summed E-state index contributed by atoms with van der Waals surface area (Å²) in [7, 11) is 1.49. The summed E-state index contributed by atoms with van der Waals surface area (Å²) in [6.45, 7) is 2.30. The number of aromatic nitrogens is 2. The molecule has 1 atom stereocenters. The zero-order chi connectivity index (χ0) is 11.1. The lowest BCUT2D eigenvalue weighted by atomic mass is 10.1.